The summed E-state index contributed by atoms with van der Waals surface area (Å²) in [5.74, 6) is 0.654. The van der Waals surface area contributed by atoms with Gasteiger partial charge < -0.3 is 5.32 Å². The highest BCUT2D eigenvalue weighted by molar-refractivity contribution is 8.00. The maximum Gasteiger partial charge on any atom is 0.252 e. The lowest BCUT2D eigenvalue weighted by molar-refractivity contribution is -0.113. The molecule has 0 bridgehead atoms. The maximum absolute atomic E-state index is 14.1. The number of hydrogen-bond donors (Lipinski definition) is 1. The molecule has 0 saturated carbocycles. The monoisotopic (exact) mass is 445 g/mol. The number of nitrogens with zero attached hydrogens (tertiary/aromatic N) is 4. The average Bonchev–Trinajstić information content (AvgIpc) is 3.04. The Morgan fingerprint density at radius 1 is 1.03 bits per heavy atom. The Labute approximate surface area is 188 Å². The predicted octanol–water partition coefficient (Wildman–Crippen LogP) is 4.86. The van der Waals surface area contributed by atoms with Crippen LogP contribution in [-0.2, 0) is 4.79 Å². The number of fused-ring (bicyclic) bond motifs is 1. The topological polar surface area (TPSA) is 72.7 Å². The van der Waals surface area contributed by atoms with Gasteiger partial charge in [-0.05, 0) is 37.6 Å². The van der Waals surface area contributed by atoms with Crippen molar-refractivity contribution in [1.82, 2.24) is 19.7 Å². The van der Waals surface area contributed by atoms with Crippen LogP contribution in [0.1, 0.15) is 27.8 Å². The van der Waals surface area contributed by atoms with E-state index in [9.17, 15) is 9.18 Å². The molecule has 5 rings (SSSR count). The van der Waals surface area contributed by atoms with Crippen LogP contribution in [-0.4, -0.2) is 31.4 Å². The van der Waals surface area contributed by atoms with Gasteiger partial charge in [-0.2, -0.15) is 9.78 Å². The van der Waals surface area contributed by atoms with Crippen LogP contribution in [0, 0.1) is 19.7 Å². The predicted molar refractivity (Wildman–Crippen MR) is 123 cm³/mol. The molecule has 32 heavy (non-hydrogen) atoms. The lowest BCUT2D eigenvalue weighted by Gasteiger charge is -2.16. The number of aromatic nitrogens is 4. The van der Waals surface area contributed by atoms with E-state index in [4.69, 9.17) is 5.10 Å². The zero-order valence-corrected chi connectivity index (χ0v) is 18.4. The lowest BCUT2D eigenvalue weighted by atomic mass is 10.00. The summed E-state index contributed by atoms with van der Waals surface area (Å²) in [7, 11) is 0. The van der Waals surface area contributed by atoms with Crippen LogP contribution in [0.25, 0.3) is 17.2 Å². The Kier molecular flexibility index (Phi) is 5.22. The second-order valence-corrected chi connectivity index (χ2v) is 8.73. The second kappa shape index (κ2) is 8.20. The number of hydrogen-bond acceptors (Lipinski definition) is 5. The number of carbonyl (C=O) groups is 1. The summed E-state index contributed by atoms with van der Waals surface area (Å²) in [4.78, 5) is 21.8. The summed E-state index contributed by atoms with van der Waals surface area (Å²) in [5, 5.41) is 7.56. The number of carbonyl (C=O) groups excluding carboxylic acids is 1. The molecule has 1 unspecified atom stereocenters. The van der Waals surface area contributed by atoms with Gasteiger partial charge in [0.25, 0.3) is 5.95 Å². The third kappa shape index (κ3) is 3.78. The minimum absolute atomic E-state index is 0.153. The van der Waals surface area contributed by atoms with E-state index < -0.39 is 0 Å². The van der Waals surface area contributed by atoms with Crippen molar-refractivity contribution in [3.63, 3.8) is 0 Å². The van der Waals surface area contributed by atoms with E-state index in [1.807, 2.05) is 56.3 Å². The number of aryl methyl sites for hydroxylation is 2. The molecule has 3 heterocycles. The van der Waals surface area contributed by atoms with Gasteiger partial charge in [-0.25, -0.2) is 14.4 Å². The molecule has 1 amide bonds. The molecule has 8 heteroatoms. The molecular formula is C24H20FN5OS. The molecule has 160 valence electrons. The van der Waals surface area contributed by atoms with Crippen LogP contribution in [0.4, 0.5) is 10.2 Å². The fourth-order valence-corrected chi connectivity index (χ4v) is 5.02. The first-order chi connectivity index (χ1) is 15.5. The summed E-state index contributed by atoms with van der Waals surface area (Å²) < 4.78 is 15.7. The SMILES string of the molecule is Cc1cc(C)nc(-n2nc(-c3ccccc3)c3c2NC(=O)CSC3c2cccc(F)c2)n1. The molecular weight excluding hydrogens is 425 g/mol. The second-order valence-electron chi connectivity index (χ2n) is 7.63. The van der Waals surface area contributed by atoms with Crippen molar-refractivity contribution in [3.05, 3.63) is 89.0 Å². The highest BCUT2D eigenvalue weighted by atomic mass is 32.2. The summed E-state index contributed by atoms with van der Waals surface area (Å²) >= 11 is 1.45. The number of nitrogens with one attached hydrogen (secondary N) is 1. The third-order valence-electron chi connectivity index (χ3n) is 5.18. The molecule has 2 aromatic carbocycles. The van der Waals surface area contributed by atoms with Gasteiger partial charge in [-0.1, -0.05) is 42.5 Å². The van der Waals surface area contributed by atoms with E-state index in [1.165, 1.54) is 23.9 Å². The Morgan fingerprint density at radius 2 is 1.78 bits per heavy atom. The Bertz CT molecular complexity index is 1300. The minimum Gasteiger partial charge on any atom is -0.309 e. The lowest BCUT2D eigenvalue weighted by Crippen LogP contribution is -2.17. The van der Waals surface area contributed by atoms with Crippen LogP contribution in [0.2, 0.25) is 0 Å². The van der Waals surface area contributed by atoms with E-state index in [-0.39, 0.29) is 22.7 Å². The first-order valence-corrected chi connectivity index (χ1v) is 11.2. The van der Waals surface area contributed by atoms with E-state index >= 15 is 0 Å². The van der Waals surface area contributed by atoms with Gasteiger partial charge in [-0.3, -0.25) is 4.79 Å². The Hall–Kier alpha value is -3.52. The van der Waals surface area contributed by atoms with Crippen LogP contribution in [0.5, 0.6) is 0 Å². The Balaban J connectivity index is 1.81. The summed E-state index contributed by atoms with van der Waals surface area (Å²) in [5.41, 5.74) is 4.77. The highest BCUT2D eigenvalue weighted by Crippen LogP contribution is 2.46. The maximum atomic E-state index is 14.1. The Morgan fingerprint density at radius 3 is 2.50 bits per heavy atom. The number of amides is 1. The number of anilines is 1. The molecule has 1 N–H and O–H groups in total. The molecule has 6 nitrogen and oxygen atoms in total. The van der Waals surface area contributed by atoms with Gasteiger partial charge in [0.15, 0.2) is 0 Å². The largest absolute Gasteiger partial charge is 0.309 e. The highest BCUT2D eigenvalue weighted by Gasteiger charge is 2.33. The van der Waals surface area contributed by atoms with Crippen LogP contribution < -0.4 is 5.32 Å². The number of thioether (sulfide) groups is 1. The van der Waals surface area contributed by atoms with Gasteiger partial charge >= 0.3 is 0 Å². The van der Waals surface area contributed by atoms with Crippen molar-refractivity contribution in [2.24, 2.45) is 0 Å². The average molecular weight is 446 g/mol. The fraction of sp³-hybridized carbons (Fsp3) is 0.167. The van der Waals surface area contributed by atoms with Crippen LogP contribution in [0.3, 0.4) is 0 Å². The van der Waals surface area contributed by atoms with Crippen molar-refractivity contribution in [3.8, 4) is 17.2 Å². The fourth-order valence-electron chi connectivity index (χ4n) is 3.90. The van der Waals surface area contributed by atoms with Gasteiger partial charge in [0.1, 0.15) is 11.6 Å². The van der Waals surface area contributed by atoms with Gasteiger partial charge in [0, 0.05) is 22.5 Å². The number of halogens is 1. The van der Waals surface area contributed by atoms with Crippen molar-refractivity contribution >= 4 is 23.5 Å². The van der Waals surface area contributed by atoms with Crippen LogP contribution >= 0.6 is 11.8 Å². The van der Waals surface area contributed by atoms with E-state index in [0.717, 1.165) is 28.1 Å². The van der Waals surface area contributed by atoms with Gasteiger partial charge in [-0.15, -0.1) is 11.8 Å². The van der Waals surface area contributed by atoms with E-state index in [0.29, 0.717) is 17.5 Å². The molecule has 0 spiro atoms. The molecule has 2 aromatic heterocycles. The third-order valence-corrected chi connectivity index (χ3v) is 6.45. The van der Waals surface area contributed by atoms with Gasteiger partial charge in [0.2, 0.25) is 5.91 Å². The van der Waals surface area contributed by atoms with E-state index in [2.05, 4.69) is 15.3 Å². The zero-order chi connectivity index (χ0) is 22.2. The molecule has 0 aliphatic carbocycles. The van der Waals surface area contributed by atoms with Crippen molar-refractivity contribution in [1.29, 1.82) is 0 Å². The minimum atomic E-state index is -0.320. The van der Waals surface area contributed by atoms with E-state index in [1.54, 1.807) is 10.7 Å². The first kappa shape index (κ1) is 20.4. The molecule has 1 aliphatic heterocycles. The number of benzene rings is 2. The molecule has 4 aromatic rings. The molecule has 0 fully saturated rings. The molecule has 0 radical (unpaired) electrons. The molecule has 0 saturated heterocycles. The summed E-state index contributed by atoms with van der Waals surface area (Å²) in [6.45, 7) is 3.78. The smallest absolute Gasteiger partial charge is 0.252 e. The normalized spacial score (nSPS) is 15.7. The van der Waals surface area contributed by atoms with Crippen molar-refractivity contribution in [2.45, 2.75) is 19.1 Å². The van der Waals surface area contributed by atoms with Crippen molar-refractivity contribution < 1.29 is 9.18 Å². The number of rotatable bonds is 3. The first-order valence-electron chi connectivity index (χ1n) is 10.2. The van der Waals surface area contributed by atoms with Gasteiger partial charge in [0.05, 0.1) is 16.7 Å². The summed E-state index contributed by atoms with van der Waals surface area (Å²) in [6, 6.07) is 18.1. The standard InChI is InChI=1S/C24H20FN5OS/c1-14-11-15(2)27-24(26-14)30-23-20(21(29-30)16-7-4-3-5-8-16)22(32-13-19(31)28-23)17-9-6-10-18(25)12-17/h3-12,22H,13H2,1-2H3,(H,28,31). The zero-order valence-electron chi connectivity index (χ0n) is 17.5. The molecule has 1 atom stereocenters. The van der Waals surface area contributed by atoms with Crippen molar-refractivity contribution in [2.75, 3.05) is 11.1 Å². The molecule has 1 aliphatic rings. The van der Waals surface area contributed by atoms with Crippen LogP contribution in [0.15, 0.2) is 60.7 Å². The summed E-state index contributed by atoms with van der Waals surface area (Å²) in [6.07, 6.45) is 0. The quantitative estimate of drug-likeness (QED) is 0.488.